The van der Waals surface area contributed by atoms with Gasteiger partial charge in [-0.05, 0) is 36.9 Å². The lowest BCUT2D eigenvalue weighted by molar-refractivity contribution is 0.796. The average Bonchev–Trinajstić information content (AvgIpc) is 2.55. The van der Waals surface area contributed by atoms with Crippen molar-refractivity contribution in [2.75, 3.05) is 6.54 Å². The van der Waals surface area contributed by atoms with E-state index in [0.717, 1.165) is 0 Å². The second-order valence-electron chi connectivity index (χ2n) is 5.00. The molecule has 5 nitrogen and oxygen atoms in total. The predicted molar refractivity (Wildman–Crippen MR) is 89.8 cm³/mol. The quantitative estimate of drug-likeness (QED) is 0.801. The molecule has 0 unspecified atom stereocenters. The van der Waals surface area contributed by atoms with Crippen LogP contribution in [0.5, 0.6) is 0 Å². The number of rotatable bonds is 3. The van der Waals surface area contributed by atoms with Crippen LogP contribution in [0.3, 0.4) is 0 Å². The van der Waals surface area contributed by atoms with Crippen molar-refractivity contribution >= 4 is 22.5 Å². The molecule has 0 radical (unpaired) electrons. The Bertz CT molecular complexity index is 988. The molecule has 1 aromatic heterocycles. The molecule has 0 atom stereocenters. The maximum atomic E-state index is 13.0. The first-order valence-corrected chi connectivity index (χ1v) is 7.44. The molecule has 0 fully saturated rings. The molecule has 2 aromatic carbocycles. The van der Waals surface area contributed by atoms with Crippen LogP contribution in [0.4, 0.5) is 0 Å². The third-order valence-corrected chi connectivity index (χ3v) is 3.83. The predicted octanol–water partition coefficient (Wildman–Crippen LogP) is 2.41. The van der Waals surface area contributed by atoms with Crippen molar-refractivity contribution in [2.45, 2.75) is 6.42 Å². The number of nitrogens with zero attached hydrogens (tertiary/aromatic N) is 3. The number of nitriles is 1. The van der Waals surface area contributed by atoms with Gasteiger partial charge in [-0.25, -0.2) is 4.98 Å². The first-order chi connectivity index (χ1) is 11.2. The lowest BCUT2D eigenvalue weighted by atomic mass is 10.2. The summed E-state index contributed by atoms with van der Waals surface area (Å²) < 4.78 is 1.47. The minimum atomic E-state index is -0.265. The Morgan fingerprint density at radius 2 is 2.04 bits per heavy atom. The fourth-order valence-electron chi connectivity index (χ4n) is 2.51. The van der Waals surface area contributed by atoms with E-state index < -0.39 is 0 Å². The van der Waals surface area contributed by atoms with Crippen LogP contribution in [0.2, 0.25) is 5.02 Å². The summed E-state index contributed by atoms with van der Waals surface area (Å²) in [6.45, 7) is 0.358. The molecule has 0 aliphatic carbocycles. The first-order valence-electron chi connectivity index (χ1n) is 7.06. The van der Waals surface area contributed by atoms with E-state index in [2.05, 4.69) is 11.1 Å². The van der Waals surface area contributed by atoms with Gasteiger partial charge in [0.15, 0.2) is 0 Å². The fraction of sp³-hybridized carbons (Fsp3) is 0.118. The van der Waals surface area contributed by atoms with Gasteiger partial charge < -0.3 is 5.73 Å². The largest absolute Gasteiger partial charge is 0.330 e. The Morgan fingerprint density at radius 3 is 2.78 bits per heavy atom. The molecule has 0 amide bonds. The van der Waals surface area contributed by atoms with Gasteiger partial charge in [0.2, 0.25) is 0 Å². The summed E-state index contributed by atoms with van der Waals surface area (Å²) in [7, 11) is 0. The van der Waals surface area contributed by atoms with Crippen LogP contribution < -0.4 is 11.3 Å². The van der Waals surface area contributed by atoms with E-state index in [-0.39, 0.29) is 5.56 Å². The molecule has 114 valence electrons. The summed E-state index contributed by atoms with van der Waals surface area (Å²) >= 11 is 6.18. The highest BCUT2D eigenvalue weighted by Crippen LogP contribution is 2.20. The van der Waals surface area contributed by atoms with E-state index in [1.165, 1.54) is 4.57 Å². The summed E-state index contributed by atoms with van der Waals surface area (Å²) in [5.41, 5.74) is 6.97. The third kappa shape index (κ3) is 2.70. The number of benzene rings is 2. The summed E-state index contributed by atoms with van der Waals surface area (Å²) in [6, 6.07) is 14.0. The summed E-state index contributed by atoms with van der Waals surface area (Å²) in [6.07, 6.45) is 0.439. The molecule has 3 rings (SSSR count). The maximum Gasteiger partial charge on any atom is 0.267 e. The third-order valence-electron chi connectivity index (χ3n) is 3.52. The topological polar surface area (TPSA) is 84.7 Å². The standard InChI is InChI=1S/C17H13ClN4O/c18-13-5-2-6-14-16(13)17(23)22(15(21-14)7-8-19)12-4-1-3-11(9-12)10-20/h1-6,9H,7-8,19H2. The van der Waals surface area contributed by atoms with Crippen molar-refractivity contribution in [3.63, 3.8) is 0 Å². The maximum absolute atomic E-state index is 13.0. The van der Waals surface area contributed by atoms with Gasteiger partial charge in [0.05, 0.1) is 33.2 Å². The average molecular weight is 325 g/mol. The second-order valence-corrected chi connectivity index (χ2v) is 5.41. The minimum Gasteiger partial charge on any atom is -0.330 e. The first kappa shape index (κ1) is 15.2. The van der Waals surface area contributed by atoms with Crippen LogP contribution in [-0.2, 0) is 6.42 Å². The van der Waals surface area contributed by atoms with Crippen LogP contribution in [0.15, 0.2) is 47.3 Å². The van der Waals surface area contributed by atoms with Gasteiger partial charge >= 0.3 is 0 Å². The molecule has 2 N–H and O–H groups in total. The van der Waals surface area contributed by atoms with E-state index in [9.17, 15) is 4.79 Å². The van der Waals surface area contributed by atoms with E-state index in [0.29, 0.717) is 46.0 Å². The van der Waals surface area contributed by atoms with Gasteiger partial charge in [0, 0.05) is 6.42 Å². The lowest BCUT2D eigenvalue weighted by Gasteiger charge is -2.13. The van der Waals surface area contributed by atoms with Crippen molar-refractivity contribution < 1.29 is 0 Å². The summed E-state index contributed by atoms with van der Waals surface area (Å²) in [5, 5.41) is 9.78. The van der Waals surface area contributed by atoms with Gasteiger partial charge in [0.1, 0.15) is 5.82 Å². The minimum absolute atomic E-state index is 0.265. The molecular weight excluding hydrogens is 312 g/mol. The lowest BCUT2D eigenvalue weighted by Crippen LogP contribution is -2.25. The number of nitrogens with two attached hydrogens (primary N) is 1. The van der Waals surface area contributed by atoms with Crippen LogP contribution in [0.25, 0.3) is 16.6 Å². The molecule has 23 heavy (non-hydrogen) atoms. The molecule has 0 aliphatic heterocycles. The molecule has 0 spiro atoms. The van der Waals surface area contributed by atoms with Crippen molar-refractivity contribution in [1.29, 1.82) is 5.26 Å². The van der Waals surface area contributed by atoms with Crippen molar-refractivity contribution in [1.82, 2.24) is 9.55 Å². The molecule has 0 aliphatic rings. The van der Waals surface area contributed by atoms with Crippen molar-refractivity contribution in [2.24, 2.45) is 5.73 Å². The zero-order valence-electron chi connectivity index (χ0n) is 12.2. The highest BCUT2D eigenvalue weighted by Gasteiger charge is 2.14. The summed E-state index contributed by atoms with van der Waals surface area (Å²) in [5.74, 6) is 0.544. The molecule has 3 aromatic rings. The second kappa shape index (κ2) is 6.21. The van der Waals surface area contributed by atoms with Gasteiger partial charge in [-0.15, -0.1) is 0 Å². The Labute approximate surface area is 137 Å². The fourth-order valence-corrected chi connectivity index (χ4v) is 2.76. The Hall–Kier alpha value is -2.68. The normalized spacial score (nSPS) is 10.7. The number of hydrogen-bond acceptors (Lipinski definition) is 4. The Morgan fingerprint density at radius 1 is 1.26 bits per heavy atom. The molecule has 0 bridgehead atoms. The Balaban J connectivity index is 2.40. The molecule has 1 heterocycles. The monoisotopic (exact) mass is 324 g/mol. The smallest absolute Gasteiger partial charge is 0.267 e. The van der Waals surface area contributed by atoms with E-state index in [1.54, 1.807) is 42.5 Å². The van der Waals surface area contributed by atoms with Crippen LogP contribution in [-0.4, -0.2) is 16.1 Å². The number of aromatic nitrogens is 2. The zero-order chi connectivity index (χ0) is 16.4. The molecule has 6 heteroatoms. The van der Waals surface area contributed by atoms with E-state index >= 15 is 0 Å². The van der Waals surface area contributed by atoms with Crippen LogP contribution in [0.1, 0.15) is 11.4 Å². The van der Waals surface area contributed by atoms with Gasteiger partial charge in [-0.3, -0.25) is 9.36 Å². The Kier molecular flexibility index (Phi) is 4.11. The van der Waals surface area contributed by atoms with E-state index in [1.807, 2.05) is 0 Å². The van der Waals surface area contributed by atoms with Gasteiger partial charge in [-0.1, -0.05) is 23.7 Å². The number of fused-ring (bicyclic) bond motifs is 1. The van der Waals surface area contributed by atoms with Crippen LogP contribution >= 0.6 is 11.6 Å². The number of hydrogen-bond donors (Lipinski definition) is 1. The van der Waals surface area contributed by atoms with Crippen LogP contribution in [0, 0.1) is 11.3 Å². The highest BCUT2D eigenvalue weighted by atomic mass is 35.5. The molecule has 0 saturated heterocycles. The molecular formula is C17H13ClN4O. The zero-order valence-corrected chi connectivity index (χ0v) is 12.9. The van der Waals surface area contributed by atoms with Crippen molar-refractivity contribution in [3.8, 4) is 11.8 Å². The van der Waals surface area contributed by atoms with Crippen molar-refractivity contribution in [3.05, 3.63) is 69.2 Å². The number of halogens is 1. The highest BCUT2D eigenvalue weighted by molar-refractivity contribution is 6.35. The van der Waals surface area contributed by atoms with Gasteiger partial charge in [0.25, 0.3) is 5.56 Å². The summed E-state index contributed by atoms with van der Waals surface area (Å²) in [4.78, 5) is 17.5. The SMILES string of the molecule is N#Cc1cccc(-n2c(CCN)nc3cccc(Cl)c3c2=O)c1. The van der Waals surface area contributed by atoms with Gasteiger partial charge in [-0.2, -0.15) is 5.26 Å². The van der Waals surface area contributed by atoms with E-state index in [4.69, 9.17) is 22.6 Å². The molecule has 0 saturated carbocycles.